The Kier molecular flexibility index (Phi) is 15.3. The molecule has 0 spiro atoms. The van der Waals surface area contributed by atoms with Crippen molar-refractivity contribution in [2.45, 2.75) is 162 Å². The van der Waals surface area contributed by atoms with Crippen molar-refractivity contribution >= 4 is 29.1 Å². The first-order chi connectivity index (χ1) is 23.0. The Labute approximate surface area is 325 Å². The van der Waals surface area contributed by atoms with E-state index in [-0.39, 0.29) is 83.6 Å². The van der Waals surface area contributed by atoms with Gasteiger partial charge in [-0.3, -0.25) is 9.59 Å². The monoisotopic (exact) mass is 732 g/mol. The quantitative estimate of drug-likeness (QED) is 0.164. The van der Waals surface area contributed by atoms with Gasteiger partial charge in [0.2, 0.25) is 0 Å². The number of ketones is 2. The number of halogens is 1. The van der Waals surface area contributed by atoms with Crippen LogP contribution < -0.4 is 34.7 Å². The first-order valence-corrected chi connectivity index (χ1v) is 18.8. The van der Waals surface area contributed by atoms with E-state index in [1.165, 1.54) is 0 Å². The summed E-state index contributed by atoms with van der Waals surface area (Å²) in [6, 6.07) is 0. The number of ether oxygens (including phenoxy) is 4. The smallest absolute Gasteiger partial charge is 0.869 e. The summed E-state index contributed by atoms with van der Waals surface area (Å²) >= 11 is 5.57. The maximum atomic E-state index is 14.2. The molecule has 50 heavy (non-hydrogen) atoms. The molecular formula is C38H58ClNaO10. The fourth-order valence-corrected chi connectivity index (χ4v) is 9.25. The van der Waals surface area contributed by atoms with Crippen LogP contribution in [0.15, 0.2) is 22.6 Å². The Morgan fingerprint density at radius 2 is 1.70 bits per heavy atom. The third-order valence-electron chi connectivity index (χ3n) is 12.5. The van der Waals surface area contributed by atoms with Crippen molar-refractivity contribution in [1.29, 1.82) is 0 Å². The van der Waals surface area contributed by atoms with Crippen molar-refractivity contribution in [2.24, 2.45) is 35.5 Å². The number of Topliss-reactive ketones (excluding diaryl/α,β-unsaturated/α-hetero) is 2. The van der Waals surface area contributed by atoms with Crippen molar-refractivity contribution in [3.8, 4) is 0 Å². The molecule has 0 aliphatic carbocycles. The molecule has 0 aromatic rings. The third kappa shape index (κ3) is 8.44. The average molecular weight is 733 g/mol. The topological polar surface area (TPSA) is 152 Å². The van der Waals surface area contributed by atoms with Gasteiger partial charge in [0.05, 0.1) is 53.4 Å². The normalized spacial score (nSPS) is 39.4. The predicted octanol–water partition coefficient (Wildman–Crippen LogP) is 2.14. The van der Waals surface area contributed by atoms with Crippen LogP contribution in [0.3, 0.4) is 0 Å². The van der Waals surface area contributed by atoms with Crippen LogP contribution in [0.4, 0.5) is 0 Å². The summed E-state index contributed by atoms with van der Waals surface area (Å²) in [4.78, 5) is 39.5. The molecule has 0 radical (unpaired) electrons. The van der Waals surface area contributed by atoms with Gasteiger partial charge < -0.3 is 34.3 Å². The first kappa shape index (κ1) is 43.6. The molecule has 0 amide bonds. The van der Waals surface area contributed by atoms with E-state index in [2.05, 4.69) is 13.8 Å². The molecule has 0 aromatic heterocycles. The Balaban J connectivity index is 0.00000676. The Bertz CT molecular complexity index is 1300. The molecule has 4 rings (SSSR count). The number of aliphatic hydroxyl groups is 2. The Morgan fingerprint density at radius 3 is 2.24 bits per heavy atom. The van der Waals surface area contributed by atoms with Gasteiger partial charge in [-0.15, -0.1) is 0 Å². The van der Waals surface area contributed by atoms with Crippen molar-refractivity contribution in [1.82, 2.24) is 0 Å². The van der Waals surface area contributed by atoms with Crippen LogP contribution in [0.1, 0.15) is 114 Å². The van der Waals surface area contributed by atoms with Gasteiger partial charge in [0.15, 0.2) is 5.78 Å². The number of carbonyl (C=O) groups is 3. The largest absolute Gasteiger partial charge is 1.00 e. The van der Waals surface area contributed by atoms with Gasteiger partial charge in [0.1, 0.15) is 11.5 Å². The SMILES string of the molecule is CC[C@@H](C(=O)[C@@H](C)[C@H](O)[C@@H](C)[C@H]1O[C@H](CC(=O)C2=C([O-])/C(=C/Cl)OC2=O)[C@H](C)C[C@H]1C)[C@H]1O[C@](CC)([C@H]2CC[C@](O)(CC)[C@H](C)O2)C[C@@H]1C.[Na+]. The molecule has 3 saturated heterocycles. The van der Waals surface area contributed by atoms with E-state index < -0.39 is 70.4 Å². The molecule has 4 aliphatic rings. The zero-order valence-corrected chi connectivity index (χ0v) is 34.5. The summed E-state index contributed by atoms with van der Waals surface area (Å²) in [6.45, 7) is 17.7. The number of hydrogen-bond acceptors (Lipinski definition) is 10. The zero-order chi connectivity index (χ0) is 36.6. The van der Waals surface area contributed by atoms with Crippen LogP contribution in [0.5, 0.6) is 0 Å². The first-order valence-electron chi connectivity index (χ1n) is 18.4. The van der Waals surface area contributed by atoms with Gasteiger partial charge in [-0.2, -0.15) is 0 Å². The molecule has 2 N–H and O–H groups in total. The minimum absolute atomic E-state index is 0. The molecule has 4 aliphatic heterocycles. The molecule has 3 fully saturated rings. The van der Waals surface area contributed by atoms with Crippen molar-refractivity contribution in [3.05, 3.63) is 22.6 Å². The van der Waals surface area contributed by atoms with E-state index in [1.54, 1.807) is 6.92 Å². The van der Waals surface area contributed by atoms with Crippen LogP contribution in [-0.4, -0.2) is 75.6 Å². The minimum atomic E-state index is -1.02. The van der Waals surface area contributed by atoms with Crippen LogP contribution >= 0.6 is 11.6 Å². The van der Waals surface area contributed by atoms with Gasteiger partial charge in [-0.05, 0) is 75.4 Å². The summed E-state index contributed by atoms with van der Waals surface area (Å²) in [7, 11) is 0. The van der Waals surface area contributed by atoms with E-state index in [0.29, 0.717) is 32.1 Å². The fourth-order valence-electron chi connectivity index (χ4n) is 9.11. The van der Waals surface area contributed by atoms with Crippen LogP contribution in [0, 0.1) is 35.5 Å². The maximum Gasteiger partial charge on any atom is 1.00 e. The van der Waals surface area contributed by atoms with E-state index in [1.807, 2.05) is 41.5 Å². The number of rotatable bonds is 13. The standard InChI is InChI=1S/C38H59ClO10.Na/c1-10-25(35-21(6)17-38(12-3,49-35)29-13-14-37(45,11-2)24(9)46-29)32(42)22(7)31(41)23(8)34-20(5)15-19(4)27(47-34)16-26(40)30-33(43)28(18-39)48-36(30)44;/h18-25,27,29,31,34-35,41,43,45H,10-17H2,1-9H3;/q;+1/p-1/b28-18-;/t19-,20-,21+,22+,23-,24+,25+,27-,29-,31+,34+,35+,37-,38+;/m1./s1. The molecule has 0 bridgehead atoms. The number of aliphatic hydroxyl groups excluding tert-OH is 1. The number of hydrogen-bond donors (Lipinski definition) is 2. The molecule has 278 valence electrons. The van der Waals surface area contributed by atoms with Crippen LogP contribution in [0.2, 0.25) is 0 Å². The second kappa shape index (κ2) is 17.5. The molecule has 0 saturated carbocycles. The summed E-state index contributed by atoms with van der Waals surface area (Å²) in [5.74, 6) is -4.43. The molecule has 0 aromatic carbocycles. The maximum absolute atomic E-state index is 14.2. The molecule has 12 heteroatoms. The minimum Gasteiger partial charge on any atom is -0.869 e. The summed E-state index contributed by atoms with van der Waals surface area (Å²) in [6.07, 6.45) is 1.62. The van der Waals surface area contributed by atoms with Crippen LogP contribution in [-0.2, 0) is 33.3 Å². The van der Waals surface area contributed by atoms with Crippen molar-refractivity contribution in [3.63, 3.8) is 0 Å². The van der Waals surface area contributed by atoms with Crippen molar-refractivity contribution in [2.75, 3.05) is 0 Å². The van der Waals surface area contributed by atoms with Gasteiger partial charge in [0.25, 0.3) is 0 Å². The Hall–Kier alpha value is -0.820. The second-order valence-electron chi connectivity index (χ2n) is 15.5. The number of cyclic esters (lactones) is 1. The van der Waals surface area contributed by atoms with E-state index >= 15 is 0 Å². The zero-order valence-electron chi connectivity index (χ0n) is 31.7. The summed E-state index contributed by atoms with van der Waals surface area (Å²) < 4.78 is 24.6. The van der Waals surface area contributed by atoms with Crippen LogP contribution in [0.25, 0.3) is 0 Å². The van der Waals surface area contributed by atoms with Gasteiger partial charge in [-0.25, -0.2) is 4.79 Å². The van der Waals surface area contributed by atoms with E-state index in [4.69, 9.17) is 30.5 Å². The van der Waals surface area contributed by atoms with Gasteiger partial charge >= 0.3 is 35.5 Å². The second-order valence-corrected chi connectivity index (χ2v) is 15.7. The molecule has 10 nitrogen and oxygen atoms in total. The van der Waals surface area contributed by atoms with Crippen molar-refractivity contribution < 1.29 is 78.2 Å². The molecular weight excluding hydrogens is 675 g/mol. The average Bonchev–Trinajstić information content (AvgIpc) is 3.57. The van der Waals surface area contributed by atoms with E-state index in [9.17, 15) is 29.7 Å². The predicted molar refractivity (Wildman–Crippen MR) is 182 cm³/mol. The summed E-state index contributed by atoms with van der Waals surface area (Å²) in [5, 5.41) is 35.1. The molecule has 14 atom stereocenters. The molecule has 4 heterocycles. The third-order valence-corrected chi connectivity index (χ3v) is 12.7. The van der Waals surface area contributed by atoms with Gasteiger partial charge in [-0.1, -0.05) is 67.0 Å². The molecule has 0 unspecified atom stereocenters. The summed E-state index contributed by atoms with van der Waals surface area (Å²) in [5.41, 5.74) is -1.12. The number of carbonyl (C=O) groups excluding carboxylic acids is 3. The van der Waals surface area contributed by atoms with E-state index in [0.717, 1.165) is 18.4 Å². The Morgan fingerprint density at radius 1 is 1.04 bits per heavy atom. The fraction of sp³-hybridized carbons (Fsp3) is 0.816. The number of esters is 1. The van der Waals surface area contributed by atoms with Gasteiger partial charge in [0, 0.05) is 29.7 Å².